The van der Waals surface area contributed by atoms with Gasteiger partial charge in [-0.1, -0.05) is 6.92 Å². The molecule has 1 atom stereocenters. The number of carbonyl (C=O) groups is 2. The Morgan fingerprint density at radius 1 is 1.40 bits per heavy atom. The average molecular weight is 286 g/mol. The summed E-state index contributed by atoms with van der Waals surface area (Å²) in [5.74, 6) is -0.815. The molecular weight excluding hydrogens is 260 g/mol. The minimum Gasteiger partial charge on any atom is -0.481 e. The van der Waals surface area contributed by atoms with E-state index in [0.717, 1.165) is 0 Å². The van der Waals surface area contributed by atoms with Crippen molar-refractivity contribution < 1.29 is 19.4 Å². The van der Waals surface area contributed by atoms with Crippen molar-refractivity contribution in [1.29, 1.82) is 0 Å². The summed E-state index contributed by atoms with van der Waals surface area (Å²) in [7, 11) is 0. The zero-order valence-corrected chi connectivity index (χ0v) is 12.9. The number of carbonyl (C=O) groups excluding carboxylic acids is 1. The van der Waals surface area contributed by atoms with Gasteiger partial charge in [-0.3, -0.25) is 4.79 Å². The summed E-state index contributed by atoms with van der Waals surface area (Å²) in [6, 6.07) is -0.214. The molecule has 1 fully saturated rings. The summed E-state index contributed by atoms with van der Waals surface area (Å²) in [5, 5.41) is 12.1. The minimum atomic E-state index is -0.815. The van der Waals surface area contributed by atoms with Gasteiger partial charge in [0.15, 0.2) is 0 Å². The fourth-order valence-electron chi connectivity index (χ4n) is 2.50. The van der Waals surface area contributed by atoms with Crippen LogP contribution in [0.4, 0.5) is 4.79 Å². The van der Waals surface area contributed by atoms with Gasteiger partial charge in [0.05, 0.1) is 11.0 Å². The molecule has 2 amide bonds. The monoisotopic (exact) mass is 286 g/mol. The van der Waals surface area contributed by atoms with Crippen LogP contribution >= 0.6 is 0 Å². The summed E-state index contributed by atoms with van der Waals surface area (Å²) in [6.45, 7) is 9.34. The summed E-state index contributed by atoms with van der Waals surface area (Å²) in [4.78, 5) is 25.0. The van der Waals surface area contributed by atoms with Crippen molar-refractivity contribution >= 4 is 12.0 Å². The van der Waals surface area contributed by atoms with E-state index in [-0.39, 0.29) is 12.6 Å². The molecule has 0 saturated carbocycles. The standard InChI is InChI=1S/C14H26N2O4/c1-5-14(11(17)18)7-8-16(10-14)12(19)15-9-13(3,4)20-6-2/h5-10H2,1-4H3,(H,15,19)(H,17,18). The molecule has 1 rings (SSSR count). The molecule has 20 heavy (non-hydrogen) atoms. The molecule has 1 aliphatic heterocycles. The van der Waals surface area contributed by atoms with E-state index in [4.69, 9.17) is 4.74 Å². The van der Waals surface area contributed by atoms with Crippen LogP contribution in [0.25, 0.3) is 0 Å². The fraction of sp³-hybridized carbons (Fsp3) is 0.857. The van der Waals surface area contributed by atoms with E-state index in [1.165, 1.54) is 0 Å². The van der Waals surface area contributed by atoms with E-state index in [0.29, 0.717) is 32.5 Å². The summed E-state index contributed by atoms with van der Waals surface area (Å²) >= 11 is 0. The number of hydrogen-bond donors (Lipinski definition) is 2. The molecule has 1 heterocycles. The second kappa shape index (κ2) is 6.43. The highest BCUT2D eigenvalue weighted by Crippen LogP contribution is 2.34. The van der Waals surface area contributed by atoms with Crippen LogP contribution in [0.15, 0.2) is 0 Å². The SMILES string of the molecule is CCOC(C)(C)CNC(=O)N1CCC(CC)(C(=O)O)C1. The number of nitrogens with zero attached hydrogens (tertiary/aromatic N) is 1. The largest absolute Gasteiger partial charge is 0.481 e. The molecule has 0 radical (unpaired) electrons. The van der Waals surface area contributed by atoms with Crippen LogP contribution in [0.5, 0.6) is 0 Å². The molecule has 0 bridgehead atoms. The number of likely N-dealkylation sites (tertiary alicyclic amines) is 1. The summed E-state index contributed by atoms with van der Waals surface area (Å²) < 4.78 is 5.52. The maximum absolute atomic E-state index is 12.1. The molecule has 0 aromatic carbocycles. The van der Waals surface area contributed by atoms with Crippen LogP contribution in [0, 0.1) is 5.41 Å². The minimum absolute atomic E-state index is 0.214. The Bertz CT molecular complexity index is 370. The highest BCUT2D eigenvalue weighted by atomic mass is 16.5. The number of hydrogen-bond acceptors (Lipinski definition) is 3. The molecule has 1 aliphatic rings. The van der Waals surface area contributed by atoms with Gasteiger partial charge >= 0.3 is 12.0 Å². The number of rotatable bonds is 6. The first-order valence-corrected chi connectivity index (χ1v) is 7.16. The van der Waals surface area contributed by atoms with Crippen LogP contribution in [-0.4, -0.2) is 53.8 Å². The van der Waals surface area contributed by atoms with Crippen LogP contribution in [0.3, 0.4) is 0 Å². The maximum Gasteiger partial charge on any atom is 0.317 e. The molecule has 1 saturated heterocycles. The van der Waals surface area contributed by atoms with E-state index >= 15 is 0 Å². The number of aliphatic carboxylic acids is 1. The normalized spacial score (nSPS) is 22.9. The number of carboxylic acid groups (broad SMARTS) is 1. The molecule has 0 aromatic heterocycles. The van der Waals surface area contributed by atoms with Crippen molar-refractivity contribution in [2.45, 2.75) is 46.1 Å². The van der Waals surface area contributed by atoms with Crippen molar-refractivity contribution in [2.24, 2.45) is 5.41 Å². The Morgan fingerprint density at radius 2 is 2.05 bits per heavy atom. The van der Waals surface area contributed by atoms with Crippen LogP contribution in [0.1, 0.15) is 40.5 Å². The number of carboxylic acids is 1. The average Bonchev–Trinajstić information content (AvgIpc) is 2.82. The molecule has 1 unspecified atom stereocenters. The maximum atomic E-state index is 12.1. The quantitative estimate of drug-likeness (QED) is 0.779. The number of urea groups is 1. The first-order chi connectivity index (χ1) is 9.26. The molecule has 6 heteroatoms. The second-order valence-electron chi connectivity index (χ2n) is 5.96. The summed E-state index contributed by atoms with van der Waals surface area (Å²) in [6.07, 6.45) is 1.05. The zero-order chi connectivity index (χ0) is 15.4. The Kier molecular flexibility index (Phi) is 5.39. The van der Waals surface area contributed by atoms with E-state index in [1.807, 2.05) is 27.7 Å². The highest BCUT2D eigenvalue weighted by molar-refractivity contribution is 5.79. The van der Waals surface area contributed by atoms with Gasteiger partial charge in [0, 0.05) is 26.2 Å². The molecule has 0 spiro atoms. The first kappa shape index (κ1) is 16.8. The summed E-state index contributed by atoms with van der Waals surface area (Å²) in [5.41, 5.74) is -1.20. The smallest absolute Gasteiger partial charge is 0.317 e. The Balaban J connectivity index is 2.53. The van der Waals surface area contributed by atoms with E-state index in [1.54, 1.807) is 4.90 Å². The lowest BCUT2D eigenvalue weighted by Gasteiger charge is -2.27. The van der Waals surface area contributed by atoms with E-state index in [2.05, 4.69) is 5.32 Å². The molecule has 116 valence electrons. The molecular formula is C14H26N2O4. The van der Waals surface area contributed by atoms with Crippen molar-refractivity contribution in [3.8, 4) is 0 Å². The van der Waals surface area contributed by atoms with Crippen molar-refractivity contribution in [1.82, 2.24) is 10.2 Å². The van der Waals surface area contributed by atoms with Gasteiger partial charge in [0.2, 0.25) is 0 Å². The van der Waals surface area contributed by atoms with Gasteiger partial charge in [-0.05, 0) is 33.6 Å². The second-order valence-corrected chi connectivity index (χ2v) is 5.96. The number of ether oxygens (including phenoxy) is 1. The van der Waals surface area contributed by atoms with Gasteiger partial charge in [0.1, 0.15) is 0 Å². The van der Waals surface area contributed by atoms with Gasteiger partial charge in [0.25, 0.3) is 0 Å². The molecule has 2 N–H and O–H groups in total. The lowest BCUT2D eigenvalue weighted by molar-refractivity contribution is -0.148. The van der Waals surface area contributed by atoms with Crippen molar-refractivity contribution in [3.63, 3.8) is 0 Å². The van der Waals surface area contributed by atoms with Gasteiger partial charge in [-0.2, -0.15) is 0 Å². The Hall–Kier alpha value is -1.30. The van der Waals surface area contributed by atoms with Crippen molar-refractivity contribution in [3.05, 3.63) is 0 Å². The van der Waals surface area contributed by atoms with Gasteiger partial charge in [-0.25, -0.2) is 4.79 Å². The lowest BCUT2D eigenvalue weighted by atomic mass is 9.84. The third-order valence-electron chi connectivity index (χ3n) is 3.97. The predicted octanol–water partition coefficient (Wildman–Crippen LogP) is 1.70. The van der Waals surface area contributed by atoms with Crippen LogP contribution in [-0.2, 0) is 9.53 Å². The Morgan fingerprint density at radius 3 is 2.50 bits per heavy atom. The third-order valence-corrected chi connectivity index (χ3v) is 3.97. The number of nitrogens with one attached hydrogen (secondary N) is 1. The molecule has 0 aromatic rings. The third kappa shape index (κ3) is 3.85. The van der Waals surface area contributed by atoms with E-state index < -0.39 is 17.0 Å². The zero-order valence-electron chi connectivity index (χ0n) is 12.9. The predicted molar refractivity (Wildman–Crippen MR) is 75.7 cm³/mol. The van der Waals surface area contributed by atoms with Gasteiger partial charge < -0.3 is 20.1 Å². The highest BCUT2D eigenvalue weighted by Gasteiger charge is 2.44. The van der Waals surface area contributed by atoms with Crippen LogP contribution < -0.4 is 5.32 Å². The topological polar surface area (TPSA) is 78.9 Å². The van der Waals surface area contributed by atoms with Crippen molar-refractivity contribution in [2.75, 3.05) is 26.2 Å². The lowest BCUT2D eigenvalue weighted by Crippen LogP contribution is -2.47. The van der Waals surface area contributed by atoms with E-state index in [9.17, 15) is 14.7 Å². The first-order valence-electron chi connectivity index (χ1n) is 7.16. The number of amides is 2. The Labute approximate surface area is 120 Å². The van der Waals surface area contributed by atoms with Crippen LogP contribution in [0.2, 0.25) is 0 Å². The molecule has 6 nitrogen and oxygen atoms in total. The fourth-order valence-corrected chi connectivity index (χ4v) is 2.50. The van der Waals surface area contributed by atoms with Gasteiger partial charge in [-0.15, -0.1) is 0 Å². The molecule has 0 aliphatic carbocycles.